The van der Waals surface area contributed by atoms with Crippen LogP contribution in [-0.2, 0) is 0 Å². The van der Waals surface area contributed by atoms with Gasteiger partial charge in [0.25, 0.3) is 11.8 Å². The Morgan fingerprint density at radius 2 is 2.00 bits per heavy atom. The number of carbonyl (C=O) groups excluding carboxylic acids is 2. The summed E-state index contributed by atoms with van der Waals surface area (Å²) in [6.45, 7) is 2.70. The summed E-state index contributed by atoms with van der Waals surface area (Å²) in [5.74, 6) is 1.05. The first-order chi connectivity index (χ1) is 13.6. The average molecular weight is 395 g/mol. The lowest BCUT2D eigenvalue weighted by molar-refractivity contribution is 0.0890. The number of hydrazine groups is 1. The molecule has 2 heterocycles. The second-order valence-corrected chi connectivity index (χ2v) is 7.86. The van der Waals surface area contributed by atoms with Crippen molar-refractivity contribution in [2.75, 3.05) is 12.3 Å². The fraction of sp³-hybridized carbons (Fsp3) is 0.300. The number of hydrogen-bond acceptors (Lipinski definition) is 6. The van der Waals surface area contributed by atoms with E-state index in [0.717, 1.165) is 29.1 Å². The Labute approximate surface area is 167 Å². The Morgan fingerprint density at radius 1 is 1.18 bits per heavy atom. The molecule has 1 aliphatic carbocycles. The Morgan fingerprint density at radius 3 is 2.68 bits per heavy atom. The van der Waals surface area contributed by atoms with Crippen molar-refractivity contribution >= 4 is 30.0 Å². The van der Waals surface area contributed by atoms with Crippen LogP contribution in [0.1, 0.15) is 39.1 Å². The van der Waals surface area contributed by atoms with Crippen LogP contribution in [0.4, 0.5) is 0 Å². The van der Waals surface area contributed by atoms with Gasteiger partial charge in [0.2, 0.25) is 0 Å². The smallest absolute Gasteiger partial charge is 0.271 e. The number of hydrogen-bond donors (Lipinski definition) is 2. The summed E-state index contributed by atoms with van der Waals surface area (Å²) >= 11 is 1.41. The van der Waals surface area contributed by atoms with Gasteiger partial charge in [-0.15, -0.1) is 4.52 Å². The first-order valence-corrected chi connectivity index (χ1v) is 10.2. The van der Waals surface area contributed by atoms with Gasteiger partial charge in [0.15, 0.2) is 0 Å². The molecule has 8 heteroatoms. The zero-order chi connectivity index (χ0) is 19.5. The van der Waals surface area contributed by atoms with E-state index >= 15 is 0 Å². The van der Waals surface area contributed by atoms with E-state index in [1.807, 2.05) is 25.1 Å². The number of nitrogens with zero attached hydrogens (tertiary/aromatic N) is 3. The Kier molecular flexibility index (Phi) is 5.29. The number of benzene rings is 1. The van der Waals surface area contributed by atoms with Crippen molar-refractivity contribution in [2.45, 2.75) is 19.8 Å². The quantitative estimate of drug-likeness (QED) is 0.735. The molecule has 1 aromatic heterocycles. The van der Waals surface area contributed by atoms with E-state index in [0.29, 0.717) is 17.0 Å². The van der Waals surface area contributed by atoms with Crippen molar-refractivity contribution in [2.24, 2.45) is 11.0 Å². The molecule has 28 heavy (non-hydrogen) atoms. The first-order valence-electron chi connectivity index (χ1n) is 9.22. The van der Waals surface area contributed by atoms with Crippen LogP contribution in [0.25, 0.3) is 11.3 Å². The molecule has 2 N–H and O–H groups in total. The van der Waals surface area contributed by atoms with Gasteiger partial charge in [0.05, 0.1) is 17.0 Å². The zero-order valence-corrected chi connectivity index (χ0v) is 16.3. The van der Waals surface area contributed by atoms with Gasteiger partial charge in [0.1, 0.15) is 0 Å². The summed E-state index contributed by atoms with van der Waals surface area (Å²) < 4.78 is 1.45. The van der Waals surface area contributed by atoms with Crippen LogP contribution in [0, 0.1) is 12.8 Å². The molecule has 0 spiro atoms. The van der Waals surface area contributed by atoms with Gasteiger partial charge in [-0.1, -0.05) is 6.07 Å². The molecule has 0 saturated heterocycles. The lowest BCUT2D eigenvalue weighted by Crippen LogP contribution is -2.32. The van der Waals surface area contributed by atoms with Crippen LogP contribution in [0.15, 0.2) is 41.6 Å². The van der Waals surface area contributed by atoms with E-state index in [1.165, 1.54) is 29.3 Å². The summed E-state index contributed by atoms with van der Waals surface area (Å²) in [7, 11) is 0. The number of amides is 2. The van der Waals surface area contributed by atoms with Crippen molar-refractivity contribution in [1.29, 1.82) is 0 Å². The Bertz CT molecular complexity index is 925. The van der Waals surface area contributed by atoms with Crippen LogP contribution in [0.3, 0.4) is 0 Å². The van der Waals surface area contributed by atoms with E-state index < -0.39 is 0 Å². The van der Waals surface area contributed by atoms with Gasteiger partial charge in [-0.05, 0) is 55.5 Å². The highest BCUT2D eigenvalue weighted by atomic mass is 32.2. The molecule has 4 rings (SSSR count). The number of carbonyl (C=O) groups is 2. The predicted octanol–water partition coefficient (Wildman–Crippen LogP) is 2.79. The number of rotatable bonds is 6. The van der Waals surface area contributed by atoms with E-state index in [2.05, 4.69) is 20.8 Å². The zero-order valence-electron chi connectivity index (χ0n) is 15.5. The monoisotopic (exact) mass is 395 g/mol. The highest BCUT2D eigenvalue weighted by molar-refractivity contribution is 7.97. The molecule has 0 radical (unpaired) electrons. The lowest BCUT2D eigenvalue weighted by Gasteiger charge is -2.14. The highest BCUT2D eigenvalue weighted by Gasteiger charge is 2.22. The van der Waals surface area contributed by atoms with E-state index in [1.54, 1.807) is 24.5 Å². The van der Waals surface area contributed by atoms with Gasteiger partial charge in [-0.2, -0.15) is 5.10 Å². The molecule has 7 nitrogen and oxygen atoms in total. The minimum Gasteiger partial charge on any atom is -0.352 e. The van der Waals surface area contributed by atoms with Crippen molar-refractivity contribution in [1.82, 2.24) is 20.2 Å². The second kappa shape index (κ2) is 8.02. The highest BCUT2D eigenvalue weighted by Crippen LogP contribution is 2.28. The van der Waals surface area contributed by atoms with E-state index in [9.17, 15) is 9.59 Å². The molecule has 1 aliphatic heterocycles. The Hall–Kier alpha value is -2.87. The maximum absolute atomic E-state index is 12.5. The third-order valence-corrected chi connectivity index (χ3v) is 5.43. The molecule has 0 unspecified atom stereocenters. The molecule has 0 bridgehead atoms. The van der Waals surface area contributed by atoms with Crippen LogP contribution < -0.4 is 10.7 Å². The van der Waals surface area contributed by atoms with E-state index in [4.69, 9.17) is 0 Å². The van der Waals surface area contributed by atoms with Gasteiger partial charge < -0.3 is 5.32 Å². The van der Waals surface area contributed by atoms with Crippen molar-refractivity contribution in [3.63, 3.8) is 0 Å². The number of aryl methyl sites for hydroxylation is 1. The molecular formula is C20H21N5O2S. The fourth-order valence-corrected chi connectivity index (χ4v) is 3.40. The van der Waals surface area contributed by atoms with Gasteiger partial charge in [0, 0.05) is 42.0 Å². The largest absolute Gasteiger partial charge is 0.352 e. The van der Waals surface area contributed by atoms with Crippen molar-refractivity contribution in [3.05, 3.63) is 53.2 Å². The molecule has 0 atom stereocenters. The summed E-state index contributed by atoms with van der Waals surface area (Å²) in [5.41, 5.74) is 6.38. The van der Waals surface area contributed by atoms with Crippen LogP contribution in [0.2, 0.25) is 0 Å². The summed E-state index contributed by atoms with van der Waals surface area (Å²) in [6, 6.07) is 9.06. The molecular weight excluding hydrogens is 374 g/mol. The molecule has 2 amide bonds. The molecule has 1 saturated carbocycles. The minimum atomic E-state index is -0.233. The second-order valence-electron chi connectivity index (χ2n) is 6.92. The predicted molar refractivity (Wildman–Crippen MR) is 110 cm³/mol. The number of pyridine rings is 1. The standard InChI is InChI=1S/C20H21N5O2S/c1-13-2-5-15(20(27)24-25-23-8-9-28-25)10-17(13)18-7-6-16(12-21-18)19(26)22-11-14-3-4-14/h2,5-8,10,12,14H,3-4,9,11H2,1H3,(H,22,26)(H,24,27). The average Bonchev–Trinajstić information content (AvgIpc) is 3.41. The first kappa shape index (κ1) is 18.5. The topological polar surface area (TPSA) is 86.7 Å². The molecule has 2 aliphatic rings. The summed E-state index contributed by atoms with van der Waals surface area (Å²) in [5, 5.41) is 6.98. The minimum absolute atomic E-state index is 0.0977. The molecule has 2 aromatic rings. The third kappa shape index (κ3) is 4.33. The number of hydrazone groups is 1. The molecule has 1 aromatic carbocycles. The Balaban J connectivity index is 1.48. The van der Waals surface area contributed by atoms with E-state index in [-0.39, 0.29) is 11.8 Å². The molecule has 1 fully saturated rings. The van der Waals surface area contributed by atoms with Gasteiger partial charge in [-0.25, -0.2) is 5.43 Å². The third-order valence-electron chi connectivity index (χ3n) is 4.70. The SMILES string of the molecule is Cc1ccc(C(=O)NN2N=CCS2)cc1-c1ccc(C(=O)NCC2CC2)cn1. The van der Waals surface area contributed by atoms with Crippen LogP contribution >= 0.6 is 11.9 Å². The fourth-order valence-electron chi connectivity index (χ4n) is 2.85. The van der Waals surface area contributed by atoms with Crippen LogP contribution in [0.5, 0.6) is 0 Å². The van der Waals surface area contributed by atoms with Gasteiger partial charge >= 0.3 is 0 Å². The maximum Gasteiger partial charge on any atom is 0.271 e. The van der Waals surface area contributed by atoms with Crippen molar-refractivity contribution < 1.29 is 9.59 Å². The lowest BCUT2D eigenvalue weighted by atomic mass is 10.0. The maximum atomic E-state index is 12.5. The van der Waals surface area contributed by atoms with Gasteiger partial charge in [-0.3, -0.25) is 14.6 Å². The molecule has 144 valence electrons. The normalized spacial score (nSPS) is 15.5. The van der Waals surface area contributed by atoms with Crippen molar-refractivity contribution in [3.8, 4) is 11.3 Å². The van der Waals surface area contributed by atoms with Crippen LogP contribution in [-0.4, -0.2) is 39.8 Å². The summed E-state index contributed by atoms with van der Waals surface area (Å²) in [4.78, 5) is 29.1. The number of nitrogens with one attached hydrogen (secondary N) is 2. The summed E-state index contributed by atoms with van der Waals surface area (Å²) in [6.07, 6.45) is 5.71. The number of aromatic nitrogens is 1.